The Hall–Kier alpha value is -4.78. The minimum atomic E-state index is -2.90. The fraction of sp³-hybridized carbons (Fsp3) is 0.455. The van der Waals surface area contributed by atoms with Crippen molar-refractivity contribution < 1.29 is 66.6 Å². The molecule has 0 aromatic heterocycles. The highest BCUT2D eigenvalue weighted by molar-refractivity contribution is 6.74. The van der Waals surface area contributed by atoms with Crippen molar-refractivity contribution in [1.82, 2.24) is 5.32 Å². The van der Waals surface area contributed by atoms with E-state index < -0.39 is 105 Å². The Morgan fingerprint density at radius 2 is 1.37 bits per heavy atom. The van der Waals surface area contributed by atoms with E-state index in [1.165, 1.54) is 37.3 Å². The second-order valence-corrected chi connectivity index (χ2v) is 21.0. The lowest BCUT2D eigenvalue weighted by atomic mass is 9.94. The summed E-state index contributed by atoms with van der Waals surface area (Å²) in [5.74, 6) is -3.62. The van der Waals surface area contributed by atoms with E-state index in [-0.39, 0.29) is 24.3 Å². The SMILES string of the molecule is C=CCO[C@H]1O[C@@H]2COC(c3ccccc3)O[C@H]2[C@H](O[C@@H]2O[C@H](C(=O)O)[C@@H](O[Si](C)(C)C(C)(C)C)[C@H](OC(=O)c3ccccc3)[C@H]2OC(=O)c2ccccc2)[C@H]1NC(C)=O. The zero-order valence-electron chi connectivity index (χ0n) is 34.5. The molecule has 6 rings (SSSR count). The van der Waals surface area contributed by atoms with Crippen molar-refractivity contribution in [3.05, 3.63) is 120 Å². The maximum atomic E-state index is 14.1. The van der Waals surface area contributed by atoms with Gasteiger partial charge in [-0.25, -0.2) is 14.4 Å². The number of fused-ring (bicyclic) bond motifs is 1. The Bertz CT molecular complexity index is 1940. The molecule has 3 aromatic carbocycles. The molecule has 3 aliphatic heterocycles. The molecule has 16 heteroatoms. The average Bonchev–Trinajstić information content (AvgIpc) is 3.22. The van der Waals surface area contributed by atoms with E-state index in [1.807, 2.05) is 64.2 Å². The van der Waals surface area contributed by atoms with Gasteiger partial charge in [0.05, 0.1) is 24.3 Å². The first-order valence-electron chi connectivity index (χ1n) is 19.8. The molecule has 0 bridgehead atoms. The first kappa shape index (κ1) is 44.8. The number of hydrogen-bond donors (Lipinski definition) is 2. The first-order chi connectivity index (χ1) is 28.6. The van der Waals surface area contributed by atoms with Crippen LogP contribution in [0.5, 0.6) is 0 Å². The molecule has 0 radical (unpaired) electrons. The number of esters is 2. The van der Waals surface area contributed by atoms with Gasteiger partial charge in [-0.15, -0.1) is 6.58 Å². The van der Waals surface area contributed by atoms with Gasteiger partial charge in [-0.3, -0.25) is 4.79 Å². The van der Waals surface area contributed by atoms with Gasteiger partial charge in [0.15, 0.2) is 45.5 Å². The minimum Gasteiger partial charge on any atom is -0.479 e. The van der Waals surface area contributed by atoms with E-state index in [9.17, 15) is 24.3 Å². The van der Waals surface area contributed by atoms with Crippen LogP contribution in [0.25, 0.3) is 0 Å². The summed E-state index contributed by atoms with van der Waals surface area (Å²) >= 11 is 0. The van der Waals surface area contributed by atoms with Crippen molar-refractivity contribution in [2.24, 2.45) is 0 Å². The van der Waals surface area contributed by atoms with Gasteiger partial charge in [0.2, 0.25) is 5.91 Å². The summed E-state index contributed by atoms with van der Waals surface area (Å²) in [7, 11) is -2.90. The summed E-state index contributed by atoms with van der Waals surface area (Å²) in [6.45, 7) is 14.8. The number of carbonyl (C=O) groups is 4. The Labute approximate surface area is 350 Å². The topological polar surface area (TPSA) is 184 Å². The monoisotopic (exact) mass is 847 g/mol. The summed E-state index contributed by atoms with van der Waals surface area (Å²) in [5, 5.41) is 13.3. The molecule has 1 unspecified atom stereocenters. The molecule has 3 heterocycles. The molecule has 3 fully saturated rings. The number of aliphatic carboxylic acids is 1. The quantitative estimate of drug-likeness (QED) is 0.117. The molecule has 322 valence electrons. The Kier molecular flexibility index (Phi) is 14.4. The zero-order valence-corrected chi connectivity index (χ0v) is 35.5. The van der Waals surface area contributed by atoms with Gasteiger partial charge in [0, 0.05) is 12.5 Å². The van der Waals surface area contributed by atoms with Crippen molar-refractivity contribution in [2.45, 2.75) is 113 Å². The van der Waals surface area contributed by atoms with Crippen LogP contribution < -0.4 is 5.32 Å². The molecule has 2 N–H and O–H groups in total. The summed E-state index contributed by atoms with van der Waals surface area (Å²) in [4.78, 5) is 54.3. The number of carboxylic acids is 1. The zero-order chi connectivity index (χ0) is 43.2. The summed E-state index contributed by atoms with van der Waals surface area (Å²) in [5.41, 5.74) is 0.976. The molecule has 1 amide bonds. The fourth-order valence-electron chi connectivity index (χ4n) is 6.92. The number of amides is 1. The molecular formula is C44H53NO14Si. The van der Waals surface area contributed by atoms with Gasteiger partial charge in [-0.2, -0.15) is 0 Å². The number of hydrogen-bond acceptors (Lipinski definition) is 13. The standard InChI is InChI=1S/C44H53NO14Si/c1-8-24-51-42-31(45-26(2)46)33(32-30(53-42)25-52-41(56-32)29-22-16-11-17-23-29)57-43-37(55-40(50)28-20-14-10-15-21-28)34(54-39(49)27-18-12-9-13-19-27)35(36(58-43)38(47)48)59-60(6,7)44(3,4)5/h8-23,30-37,41-43H,1,24-25H2,2-7H3,(H,45,46)(H,47,48)/t30-,31-,32-,33-,34+,35+,36+,37-,41?,42+,43-/m1/s1. The van der Waals surface area contributed by atoms with E-state index in [0.717, 1.165) is 0 Å². The maximum Gasteiger partial charge on any atom is 0.338 e. The second-order valence-electron chi connectivity index (χ2n) is 16.2. The summed E-state index contributed by atoms with van der Waals surface area (Å²) in [6.07, 6.45) is -12.1. The van der Waals surface area contributed by atoms with E-state index >= 15 is 0 Å². The van der Waals surface area contributed by atoms with Crippen molar-refractivity contribution in [3.63, 3.8) is 0 Å². The van der Waals surface area contributed by atoms with Crippen LogP contribution in [0.15, 0.2) is 104 Å². The van der Waals surface area contributed by atoms with Crippen LogP contribution in [-0.4, -0.2) is 112 Å². The van der Waals surface area contributed by atoms with E-state index in [1.54, 1.807) is 36.4 Å². The van der Waals surface area contributed by atoms with Gasteiger partial charge in [0.25, 0.3) is 0 Å². The normalized spacial score (nSPS) is 29.3. The van der Waals surface area contributed by atoms with Crippen molar-refractivity contribution in [1.29, 1.82) is 0 Å². The second kappa shape index (κ2) is 19.3. The van der Waals surface area contributed by atoms with Crippen molar-refractivity contribution in [3.8, 4) is 0 Å². The van der Waals surface area contributed by atoms with Crippen LogP contribution in [0, 0.1) is 0 Å². The first-order valence-corrected chi connectivity index (χ1v) is 22.7. The highest BCUT2D eigenvalue weighted by Crippen LogP contribution is 2.42. The molecule has 0 saturated carbocycles. The van der Waals surface area contributed by atoms with Crippen LogP contribution in [0.2, 0.25) is 18.1 Å². The number of nitrogens with one attached hydrogen (secondary N) is 1. The van der Waals surface area contributed by atoms with Crippen LogP contribution in [-0.2, 0) is 51.9 Å². The maximum absolute atomic E-state index is 14.1. The molecule has 0 aliphatic carbocycles. The fourth-order valence-corrected chi connectivity index (χ4v) is 8.21. The number of carboxylic acid groups (broad SMARTS) is 1. The Morgan fingerprint density at radius 1 is 0.800 bits per heavy atom. The van der Waals surface area contributed by atoms with Crippen molar-refractivity contribution >= 4 is 32.1 Å². The molecule has 3 saturated heterocycles. The van der Waals surface area contributed by atoms with E-state index in [2.05, 4.69) is 11.9 Å². The molecule has 3 aliphatic rings. The largest absolute Gasteiger partial charge is 0.479 e. The van der Waals surface area contributed by atoms with Crippen LogP contribution in [0.1, 0.15) is 60.3 Å². The molecule has 3 aromatic rings. The number of carbonyl (C=O) groups excluding carboxylic acids is 3. The highest BCUT2D eigenvalue weighted by atomic mass is 28.4. The van der Waals surface area contributed by atoms with Crippen molar-refractivity contribution in [2.75, 3.05) is 13.2 Å². The highest BCUT2D eigenvalue weighted by Gasteiger charge is 2.59. The van der Waals surface area contributed by atoms with Gasteiger partial charge < -0.3 is 52.7 Å². The molecular weight excluding hydrogens is 795 g/mol. The third-order valence-electron chi connectivity index (χ3n) is 10.9. The number of ether oxygens (including phenoxy) is 8. The average molecular weight is 848 g/mol. The van der Waals surface area contributed by atoms with Gasteiger partial charge in [0.1, 0.15) is 30.5 Å². The minimum absolute atomic E-state index is 0.000264. The lowest BCUT2D eigenvalue weighted by molar-refractivity contribution is -0.374. The number of rotatable bonds is 14. The smallest absolute Gasteiger partial charge is 0.338 e. The van der Waals surface area contributed by atoms with E-state index in [4.69, 9.17) is 42.3 Å². The predicted octanol–water partition coefficient (Wildman–Crippen LogP) is 5.57. The molecule has 0 spiro atoms. The van der Waals surface area contributed by atoms with Crippen LogP contribution >= 0.6 is 0 Å². The Morgan fingerprint density at radius 3 is 1.90 bits per heavy atom. The van der Waals surface area contributed by atoms with E-state index in [0.29, 0.717) is 5.56 Å². The number of benzene rings is 3. The Balaban J connectivity index is 1.48. The van der Waals surface area contributed by atoms with Crippen LogP contribution in [0.4, 0.5) is 0 Å². The third-order valence-corrected chi connectivity index (χ3v) is 15.4. The molecule has 11 atom stereocenters. The third kappa shape index (κ3) is 10.4. The van der Waals surface area contributed by atoms with Gasteiger partial charge in [-0.1, -0.05) is 93.6 Å². The lowest BCUT2D eigenvalue weighted by Gasteiger charge is -2.52. The molecule has 60 heavy (non-hydrogen) atoms. The van der Waals surface area contributed by atoms with Crippen LogP contribution in [0.3, 0.4) is 0 Å². The summed E-state index contributed by atoms with van der Waals surface area (Å²) < 4.78 is 57.4. The lowest BCUT2D eigenvalue weighted by Crippen LogP contribution is -2.70. The van der Waals surface area contributed by atoms with Gasteiger partial charge in [-0.05, 0) is 42.4 Å². The molecule has 15 nitrogen and oxygen atoms in total. The van der Waals surface area contributed by atoms with Gasteiger partial charge >= 0.3 is 17.9 Å². The summed E-state index contributed by atoms with van der Waals surface area (Å²) in [6, 6.07) is 24.2. The predicted molar refractivity (Wildman–Crippen MR) is 217 cm³/mol.